The molecule has 11 nitrogen and oxygen atoms in total. The second kappa shape index (κ2) is 35.3. The lowest BCUT2D eigenvalue weighted by Gasteiger charge is -2.40. The van der Waals surface area contributed by atoms with Crippen molar-refractivity contribution < 1.29 is 50.0 Å². The van der Waals surface area contributed by atoms with Crippen molar-refractivity contribution in [1.29, 1.82) is 0 Å². The molecule has 1 fully saturated rings. The van der Waals surface area contributed by atoms with Gasteiger partial charge >= 0.3 is 0 Å². The first-order chi connectivity index (χ1) is 27.2. The molecule has 0 aromatic heterocycles. The third-order valence-electron chi connectivity index (χ3n) is 10.6. The van der Waals surface area contributed by atoms with Crippen LogP contribution in [-0.2, 0) is 14.3 Å². The van der Waals surface area contributed by atoms with Crippen molar-refractivity contribution in [3.8, 4) is 0 Å². The summed E-state index contributed by atoms with van der Waals surface area (Å²) in [6.45, 7) is 3.34. The molecular formula is C45H83NO10. The van der Waals surface area contributed by atoms with Crippen LogP contribution in [0.1, 0.15) is 174 Å². The number of hydrogen-bond donors (Lipinski definition) is 8. The first-order valence-corrected chi connectivity index (χ1v) is 22.4. The number of amides is 1. The predicted molar refractivity (Wildman–Crippen MR) is 224 cm³/mol. The Labute approximate surface area is 339 Å². The number of nitrogens with one attached hydrogen (secondary N) is 1. The van der Waals surface area contributed by atoms with Gasteiger partial charge in [0.2, 0.25) is 5.91 Å². The van der Waals surface area contributed by atoms with Crippen LogP contribution < -0.4 is 5.32 Å². The minimum atomic E-state index is -1.67. The van der Waals surface area contributed by atoms with E-state index in [0.29, 0.717) is 19.3 Å². The number of hydrogen-bond acceptors (Lipinski definition) is 10. The van der Waals surface area contributed by atoms with Gasteiger partial charge in [-0.2, -0.15) is 0 Å². The number of aliphatic hydroxyl groups excluding tert-OH is 7. The summed E-state index contributed by atoms with van der Waals surface area (Å²) >= 11 is 0. The zero-order valence-electron chi connectivity index (χ0n) is 35.1. The summed E-state index contributed by atoms with van der Waals surface area (Å²) in [5.41, 5.74) is 0. The molecule has 1 saturated heterocycles. The average molecular weight is 798 g/mol. The first-order valence-electron chi connectivity index (χ1n) is 22.4. The number of ether oxygens (including phenoxy) is 2. The molecule has 1 amide bonds. The lowest BCUT2D eigenvalue weighted by Crippen LogP contribution is -2.60. The highest BCUT2D eigenvalue weighted by Gasteiger charge is 2.44. The van der Waals surface area contributed by atoms with Crippen molar-refractivity contribution in [2.75, 3.05) is 13.2 Å². The van der Waals surface area contributed by atoms with Crippen molar-refractivity contribution in [2.45, 2.75) is 229 Å². The number of allylic oxidation sites excluding steroid dienone is 6. The van der Waals surface area contributed by atoms with Crippen molar-refractivity contribution in [1.82, 2.24) is 5.32 Å². The molecule has 8 N–H and O–H groups in total. The van der Waals surface area contributed by atoms with Gasteiger partial charge in [0.25, 0.3) is 0 Å². The quantitative estimate of drug-likeness (QED) is 0.0247. The summed E-state index contributed by atoms with van der Waals surface area (Å²) in [5.74, 6) is -0.714. The Hall–Kier alpha value is -1.67. The molecule has 0 aromatic rings. The maximum Gasteiger partial charge on any atom is 0.249 e. The van der Waals surface area contributed by atoms with Gasteiger partial charge < -0.3 is 50.5 Å². The summed E-state index contributed by atoms with van der Waals surface area (Å²) < 4.78 is 11.1. The molecule has 56 heavy (non-hydrogen) atoms. The molecule has 328 valence electrons. The highest BCUT2D eigenvalue weighted by molar-refractivity contribution is 5.80. The summed E-state index contributed by atoms with van der Waals surface area (Å²) in [6.07, 6.45) is 27.6. The first kappa shape index (κ1) is 52.3. The molecule has 0 spiro atoms. The molecule has 9 unspecified atom stereocenters. The fourth-order valence-electron chi connectivity index (χ4n) is 6.89. The fraction of sp³-hybridized carbons (Fsp3) is 0.844. The molecule has 1 aliphatic rings. The number of carbonyl (C=O) groups excluding carboxylic acids is 1. The normalized spacial score (nSPS) is 22.6. The van der Waals surface area contributed by atoms with Gasteiger partial charge in [-0.1, -0.05) is 153 Å². The third kappa shape index (κ3) is 25.0. The number of rotatable bonds is 36. The molecule has 0 aromatic carbocycles. The van der Waals surface area contributed by atoms with Gasteiger partial charge in [-0.3, -0.25) is 4.79 Å². The Bertz CT molecular complexity index is 1010. The Morgan fingerprint density at radius 2 is 1.09 bits per heavy atom. The molecule has 11 heteroatoms. The van der Waals surface area contributed by atoms with Crippen LogP contribution in [0.2, 0.25) is 0 Å². The van der Waals surface area contributed by atoms with Crippen LogP contribution in [0.5, 0.6) is 0 Å². The molecule has 0 saturated carbocycles. The van der Waals surface area contributed by atoms with Crippen LogP contribution in [0, 0.1) is 0 Å². The number of unbranched alkanes of at least 4 members (excludes halogenated alkanes) is 18. The van der Waals surface area contributed by atoms with Crippen LogP contribution in [0.25, 0.3) is 0 Å². The summed E-state index contributed by atoms with van der Waals surface area (Å²) in [4.78, 5) is 13.1. The van der Waals surface area contributed by atoms with Crippen LogP contribution in [0.4, 0.5) is 0 Å². The van der Waals surface area contributed by atoms with E-state index in [1.165, 1.54) is 77.0 Å². The van der Waals surface area contributed by atoms with Crippen LogP contribution >= 0.6 is 0 Å². The largest absolute Gasteiger partial charge is 0.394 e. The second-order valence-corrected chi connectivity index (χ2v) is 15.7. The lowest BCUT2D eigenvalue weighted by atomic mass is 9.98. The fourth-order valence-corrected chi connectivity index (χ4v) is 6.89. The van der Waals surface area contributed by atoms with Crippen molar-refractivity contribution in [2.24, 2.45) is 0 Å². The van der Waals surface area contributed by atoms with E-state index in [4.69, 9.17) is 9.47 Å². The molecule has 0 radical (unpaired) electrons. The van der Waals surface area contributed by atoms with E-state index >= 15 is 0 Å². The van der Waals surface area contributed by atoms with Gasteiger partial charge in [0.15, 0.2) is 6.29 Å². The average Bonchev–Trinajstić information content (AvgIpc) is 3.20. The molecular weight excluding hydrogens is 714 g/mol. The summed E-state index contributed by atoms with van der Waals surface area (Å²) in [6, 6.07) is -1.19. The zero-order chi connectivity index (χ0) is 41.2. The van der Waals surface area contributed by atoms with E-state index < -0.39 is 74.2 Å². The second-order valence-electron chi connectivity index (χ2n) is 15.7. The molecule has 1 heterocycles. The molecule has 9 atom stereocenters. The minimum absolute atomic E-state index is 0.241. The van der Waals surface area contributed by atoms with Gasteiger partial charge in [-0.25, -0.2) is 0 Å². The maximum atomic E-state index is 13.1. The Balaban J connectivity index is 2.51. The van der Waals surface area contributed by atoms with Crippen LogP contribution in [0.15, 0.2) is 36.5 Å². The Morgan fingerprint density at radius 1 is 0.607 bits per heavy atom. The topological polar surface area (TPSA) is 189 Å². The maximum absolute atomic E-state index is 13.1. The zero-order valence-corrected chi connectivity index (χ0v) is 35.1. The van der Waals surface area contributed by atoms with Gasteiger partial charge in [0, 0.05) is 0 Å². The number of aliphatic hydroxyl groups is 7. The molecule has 1 rings (SSSR count). The predicted octanol–water partition coefficient (Wildman–Crippen LogP) is 6.83. The van der Waals surface area contributed by atoms with E-state index in [1.54, 1.807) is 0 Å². The van der Waals surface area contributed by atoms with Crippen molar-refractivity contribution in [3.05, 3.63) is 36.5 Å². The molecule has 0 bridgehead atoms. The van der Waals surface area contributed by atoms with Crippen LogP contribution in [-0.4, -0.2) is 110 Å². The van der Waals surface area contributed by atoms with E-state index in [0.717, 1.165) is 51.4 Å². The van der Waals surface area contributed by atoms with E-state index in [9.17, 15) is 40.5 Å². The Morgan fingerprint density at radius 3 is 1.59 bits per heavy atom. The van der Waals surface area contributed by atoms with E-state index in [2.05, 4.69) is 55.6 Å². The standard InChI is InChI=1S/C45H83NO10/c1-3-5-7-9-11-13-15-17-19-21-23-25-27-29-31-33-38(49)44(54)46-36(35-55-45-43(53)42(52)41(51)39(34-47)56-45)40(50)37(48)32-30-28-26-24-22-20-18-16-14-12-10-8-6-4-2/h8,10,16,18,24,26,36-43,45,47-53H,3-7,9,11-15,17,19-23,25,27-35H2,1-2H3,(H,46,54)/b10-8+,18-16+,26-24+. The minimum Gasteiger partial charge on any atom is -0.394 e. The third-order valence-corrected chi connectivity index (χ3v) is 10.6. The van der Waals surface area contributed by atoms with Gasteiger partial charge in [0.05, 0.1) is 25.4 Å². The van der Waals surface area contributed by atoms with E-state index in [-0.39, 0.29) is 12.8 Å². The highest BCUT2D eigenvalue weighted by Crippen LogP contribution is 2.23. The van der Waals surface area contributed by atoms with Crippen LogP contribution in [0.3, 0.4) is 0 Å². The smallest absolute Gasteiger partial charge is 0.249 e. The highest BCUT2D eigenvalue weighted by atomic mass is 16.7. The molecule has 1 aliphatic heterocycles. The molecule has 0 aliphatic carbocycles. The van der Waals surface area contributed by atoms with Crippen molar-refractivity contribution in [3.63, 3.8) is 0 Å². The SMILES string of the molecule is CCC/C=C/CC/C=C/CC/C=C/CCCC(O)C(O)C(COC1OC(CO)C(O)C(O)C1O)NC(=O)C(O)CCCCCCCCCCCCCCCCC. The Kier molecular flexibility index (Phi) is 33.0. The van der Waals surface area contributed by atoms with Gasteiger partial charge in [0.1, 0.15) is 36.6 Å². The summed E-state index contributed by atoms with van der Waals surface area (Å²) in [7, 11) is 0. The van der Waals surface area contributed by atoms with E-state index in [1.807, 2.05) is 0 Å². The summed E-state index contributed by atoms with van der Waals surface area (Å²) in [5, 5.41) is 75.5. The van der Waals surface area contributed by atoms with Gasteiger partial charge in [-0.15, -0.1) is 0 Å². The van der Waals surface area contributed by atoms with Crippen molar-refractivity contribution >= 4 is 5.91 Å². The number of carbonyl (C=O) groups is 1. The lowest BCUT2D eigenvalue weighted by molar-refractivity contribution is -0.303. The van der Waals surface area contributed by atoms with Gasteiger partial charge in [-0.05, 0) is 57.8 Å². The monoisotopic (exact) mass is 798 g/mol.